The molecule has 0 N–H and O–H groups in total. The molecular weight excluding hydrogens is 753 g/mol. The van der Waals surface area contributed by atoms with Crippen LogP contribution in [-0.4, -0.2) is 0 Å². The van der Waals surface area contributed by atoms with Crippen molar-refractivity contribution < 1.29 is 4.42 Å². The molecule has 0 saturated heterocycles. The number of hydrogen-bond acceptors (Lipinski definition) is 3. The molecule has 0 aliphatic heterocycles. The molecule has 290 valence electrons. The van der Waals surface area contributed by atoms with Gasteiger partial charge in [0.2, 0.25) is 0 Å². The second-order valence-corrected chi connectivity index (χ2v) is 16.4. The highest BCUT2D eigenvalue weighted by Gasteiger charge is 2.52. The summed E-state index contributed by atoms with van der Waals surface area (Å²) in [6, 6.07) is 84.1. The maximum Gasteiger partial charge on any atom is 0.137 e. The Morgan fingerprint density at radius 1 is 0.290 bits per heavy atom. The number of rotatable bonds is 6. The van der Waals surface area contributed by atoms with E-state index in [1.807, 2.05) is 12.1 Å². The highest BCUT2D eigenvalue weighted by atomic mass is 16.3. The number of anilines is 6. The number of nitrogens with zero attached hydrogens (tertiary/aromatic N) is 2. The predicted molar refractivity (Wildman–Crippen MR) is 257 cm³/mol. The van der Waals surface area contributed by atoms with E-state index in [2.05, 4.69) is 228 Å². The quantitative estimate of drug-likeness (QED) is 0.167. The maximum atomic E-state index is 6.48. The molecule has 1 atom stereocenters. The fourth-order valence-electron chi connectivity index (χ4n) is 10.7. The Kier molecular flexibility index (Phi) is 7.52. The SMILES string of the molecule is c1ccc(N(c2ccc3c(c2)C2(c4ccccc4-3)c3ccccc3-c3c2cc(N(c2ccccc2)c2ccccc2)c2ccccc32)c2ccc3c(c2)oc2ccccc23)cc1. The zero-order valence-electron chi connectivity index (χ0n) is 33.7. The molecule has 1 aromatic heterocycles. The molecule has 0 radical (unpaired) electrons. The minimum absolute atomic E-state index is 0.600. The van der Waals surface area contributed by atoms with E-state index in [9.17, 15) is 0 Å². The van der Waals surface area contributed by atoms with E-state index in [-0.39, 0.29) is 0 Å². The van der Waals surface area contributed by atoms with Crippen molar-refractivity contribution in [2.75, 3.05) is 9.80 Å². The predicted octanol–water partition coefficient (Wildman–Crippen LogP) is 16.0. The van der Waals surface area contributed by atoms with Gasteiger partial charge in [-0.25, -0.2) is 0 Å². The Balaban J connectivity index is 1.11. The van der Waals surface area contributed by atoms with Crippen molar-refractivity contribution >= 4 is 66.8 Å². The van der Waals surface area contributed by atoms with Gasteiger partial charge in [-0.05, 0) is 123 Å². The molecule has 0 fully saturated rings. The first kappa shape index (κ1) is 34.7. The van der Waals surface area contributed by atoms with Gasteiger partial charge >= 0.3 is 0 Å². The van der Waals surface area contributed by atoms with Crippen LogP contribution in [0.3, 0.4) is 0 Å². The van der Waals surface area contributed by atoms with Gasteiger partial charge in [0.05, 0.1) is 11.1 Å². The first-order valence-corrected chi connectivity index (χ1v) is 21.3. The fourth-order valence-corrected chi connectivity index (χ4v) is 10.7. The Hall–Kier alpha value is -8.14. The second-order valence-electron chi connectivity index (χ2n) is 16.4. The fraction of sp³-hybridized carbons (Fsp3) is 0.0169. The Labute approximate surface area is 360 Å². The van der Waals surface area contributed by atoms with E-state index < -0.39 is 5.41 Å². The summed E-state index contributed by atoms with van der Waals surface area (Å²) < 4.78 is 6.48. The maximum absolute atomic E-state index is 6.48. The van der Waals surface area contributed by atoms with E-state index in [4.69, 9.17) is 4.42 Å². The Bertz CT molecular complexity index is 3500. The second kappa shape index (κ2) is 13.4. The molecule has 3 heteroatoms. The average Bonchev–Trinajstić information content (AvgIpc) is 3.96. The standard InChI is InChI=1S/C59H38N2O/c1-4-18-39(19-5-1)60(43-33-35-48-47-26-14-17-31-56(47)62-57(48)37-43)42-32-34-45-44-24-12-15-29-51(44)59(53(45)36-42)52-30-16-13-28-50(52)58-49-27-11-10-25-46(49)55(38-54(58)59)61(40-20-6-2-7-21-40)41-22-8-3-9-23-41/h1-38H. The topological polar surface area (TPSA) is 19.6 Å². The molecule has 0 bridgehead atoms. The third kappa shape index (κ3) is 4.88. The largest absolute Gasteiger partial charge is 0.456 e. The zero-order valence-corrected chi connectivity index (χ0v) is 33.7. The first-order chi connectivity index (χ1) is 30.8. The lowest BCUT2D eigenvalue weighted by atomic mass is 9.70. The first-order valence-electron chi connectivity index (χ1n) is 21.3. The molecule has 13 rings (SSSR count). The number of furan rings is 1. The molecule has 3 nitrogen and oxygen atoms in total. The van der Waals surface area contributed by atoms with Crippen molar-refractivity contribution in [3.8, 4) is 22.3 Å². The van der Waals surface area contributed by atoms with Gasteiger partial charge in [0.25, 0.3) is 0 Å². The monoisotopic (exact) mass is 790 g/mol. The van der Waals surface area contributed by atoms with Crippen LogP contribution in [0.4, 0.5) is 34.1 Å². The third-order valence-corrected chi connectivity index (χ3v) is 13.2. The summed E-state index contributed by atoms with van der Waals surface area (Å²) in [7, 11) is 0. The summed E-state index contributed by atoms with van der Waals surface area (Å²) in [6.45, 7) is 0. The minimum atomic E-state index is -0.600. The summed E-state index contributed by atoms with van der Waals surface area (Å²) in [5.41, 5.74) is 18.0. The molecular formula is C59H38N2O. The van der Waals surface area contributed by atoms with Gasteiger partial charge in [0.1, 0.15) is 11.2 Å². The molecule has 0 saturated carbocycles. The van der Waals surface area contributed by atoms with Crippen molar-refractivity contribution in [1.29, 1.82) is 0 Å². The Morgan fingerprint density at radius 3 is 1.50 bits per heavy atom. The summed E-state index contributed by atoms with van der Waals surface area (Å²) in [5.74, 6) is 0. The van der Waals surface area contributed by atoms with Crippen LogP contribution in [-0.2, 0) is 5.41 Å². The molecule has 1 heterocycles. The van der Waals surface area contributed by atoms with Gasteiger partial charge in [-0.15, -0.1) is 0 Å². The summed E-state index contributed by atoms with van der Waals surface area (Å²) in [5, 5.41) is 4.69. The van der Waals surface area contributed by atoms with Crippen LogP contribution in [0, 0.1) is 0 Å². The van der Waals surface area contributed by atoms with Gasteiger partial charge < -0.3 is 14.2 Å². The van der Waals surface area contributed by atoms with Crippen molar-refractivity contribution in [3.63, 3.8) is 0 Å². The third-order valence-electron chi connectivity index (χ3n) is 13.2. The van der Waals surface area contributed by atoms with Crippen molar-refractivity contribution in [2.45, 2.75) is 5.41 Å². The smallest absolute Gasteiger partial charge is 0.137 e. The van der Waals surface area contributed by atoms with Crippen LogP contribution in [0.5, 0.6) is 0 Å². The van der Waals surface area contributed by atoms with E-state index in [0.717, 1.165) is 56.1 Å². The lowest BCUT2D eigenvalue weighted by Crippen LogP contribution is -2.26. The molecule has 1 spiro atoms. The lowest BCUT2D eigenvalue weighted by Gasteiger charge is -2.34. The van der Waals surface area contributed by atoms with Gasteiger partial charge in [0.15, 0.2) is 0 Å². The molecule has 0 amide bonds. The zero-order chi connectivity index (χ0) is 40.8. The molecule has 10 aromatic carbocycles. The molecule has 11 aromatic rings. The minimum Gasteiger partial charge on any atom is -0.456 e. The number of hydrogen-bond donors (Lipinski definition) is 0. The van der Waals surface area contributed by atoms with Crippen LogP contribution >= 0.6 is 0 Å². The number of para-hydroxylation sites is 4. The molecule has 2 aliphatic rings. The lowest BCUT2D eigenvalue weighted by molar-refractivity contribution is 0.669. The molecule has 62 heavy (non-hydrogen) atoms. The van der Waals surface area contributed by atoms with E-state index >= 15 is 0 Å². The van der Waals surface area contributed by atoms with Crippen molar-refractivity contribution in [3.05, 3.63) is 253 Å². The van der Waals surface area contributed by atoms with Crippen LogP contribution < -0.4 is 9.80 Å². The van der Waals surface area contributed by atoms with Gasteiger partial charge in [0, 0.05) is 50.7 Å². The van der Waals surface area contributed by atoms with Gasteiger partial charge in [-0.3, -0.25) is 0 Å². The highest BCUT2D eigenvalue weighted by Crippen LogP contribution is 2.65. The number of fused-ring (bicyclic) bond motifs is 15. The van der Waals surface area contributed by atoms with Crippen LogP contribution in [0.25, 0.3) is 55.0 Å². The molecule has 1 unspecified atom stereocenters. The van der Waals surface area contributed by atoms with Crippen LogP contribution in [0.2, 0.25) is 0 Å². The Morgan fingerprint density at radius 2 is 0.790 bits per heavy atom. The summed E-state index contributed by atoms with van der Waals surface area (Å²) in [4.78, 5) is 4.81. The average molecular weight is 791 g/mol. The van der Waals surface area contributed by atoms with E-state index in [1.54, 1.807) is 0 Å². The van der Waals surface area contributed by atoms with E-state index in [0.29, 0.717) is 0 Å². The van der Waals surface area contributed by atoms with Crippen LogP contribution in [0.15, 0.2) is 235 Å². The van der Waals surface area contributed by atoms with E-state index in [1.165, 1.54) is 55.3 Å². The normalized spacial score (nSPS) is 14.5. The summed E-state index contributed by atoms with van der Waals surface area (Å²) in [6.07, 6.45) is 0. The highest BCUT2D eigenvalue weighted by molar-refractivity contribution is 6.12. The van der Waals surface area contributed by atoms with Crippen LogP contribution in [0.1, 0.15) is 22.3 Å². The number of benzene rings is 10. The van der Waals surface area contributed by atoms with Gasteiger partial charge in [-0.2, -0.15) is 0 Å². The molecule has 2 aliphatic carbocycles. The van der Waals surface area contributed by atoms with Gasteiger partial charge in [-0.1, -0.05) is 152 Å². The summed E-state index contributed by atoms with van der Waals surface area (Å²) >= 11 is 0. The van der Waals surface area contributed by atoms with Crippen molar-refractivity contribution in [2.24, 2.45) is 0 Å². The van der Waals surface area contributed by atoms with Crippen molar-refractivity contribution in [1.82, 2.24) is 0 Å².